The fraction of sp³-hybridized carbons (Fsp3) is 0.389. The second-order valence-electron chi connectivity index (χ2n) is 5.85. The molecule has 1 fully saturated rings. The van der Waals surface area contributed by atoms with E-state index in [0.29, 0.717) is 44.2 Å². The van der Waals surface area contributed by atoms with Crippen LogP contribution >= 0.6 is 0 Å². The third-order valence-corrected chi connectivity index (χ3v) is 4.13. The van der Waals surface area contributed by atoms with Gasteiger partial charge >= 0.3 is 0 Å². The van der Waals surface area contributed by atoms with Gasteiger partial charge in [0.2, 0.25) is 0 Å². The molecular formula is C18H21FN2O4. The van der Waals surface area contributed by atoms with E-state index in [0.717, 1.165) is 0 Å². The molecule has 1 unspecified atom stereocenters. The molecule has 1 atom stereocenters. The van der Waals surface area contributed by atoms with E-state index in [1.807, 2.05) is 4.90 Å². The number of ether oxygens (including phenoxy) is 1. The molecule has 2 aromatic rings. The molecule has 0 aliphatic carbocycles. The fourth-order valence-corrected chi connectivity index (χ4v) is 2.86. The van der Waals surface area contributed by atoms with Gasteiger partial charge in [0, 0.05) is 30.9 Å². The Balaban J connectivity index is 1.77. The summed E-state index contributed by atoms with van der Waals surface area (Å²) in [5.74, 6) is -0.332. The maximum Gasteiger partial charge on any atom is 0.252 e. The average Bonchev–Trinajstić information content (AvgIpc) is 3.16. The predicted molar refractivity (Wildman–Crippen MR) is 90.1 cm³/mol. The van der Waals surface area contributed by atoms with Crippen molar-refractivity contribution in [1.29, 1.82) is 0 Å². The van der Waals surface area contributed by atoms with Gasteiger partial charge in [-0.05, 0) is 36.8 Å². The van der Waals surface area contributed by atoms with E-state index in [9.17, 15) is 14.3 Å². The van der Waals surface area contributed by atoms with E-state index in [1.54, 1.807) is 18.2 Å². The minimum atomic E-state index is -0.470. The first-order valence-electron chi connectivity index (χ1n) is 8.26. The smallest absolute Gasteiger partial charge is 0.252 e. The Morgan fingerprint density at radius 3 is 2.80 bits per heavy atom. The van der Waals surface area contributed by atoms with E-state index in [4.69, 9.17) is 9.15 Å². The normalized spacial score (nSPS) is 15.8. The fourth-order valence-electron chi connectivity index (χ4n) is 2.86. The number of aliphatic hydroxyl groups is 1. The Kier molecular flexibility index (Phi) is 5.67. The molecule has 0 spiro atoms. The summed E-state index contributed by atoms with van der Waals surface area (Å²) in [6.07, 6.45) is 1.81. The number of hydrogen-bond acceptors (Lipinski definition) is 5. The van der Waals surface area contributed by atoms with E-state index >= 15 is 0 Å². The van der Waals surface area contributed by atoms with E-state index in [2.05, 4.69) is 5.32 Å². The van der Waals surface area contributed by atoms with E-state index in [1.165, 1.54) is 18.4 Å². The number of aliphatic hydroxyl groups excluding tert-OH is 1. The van der Waals surface area contributed by atoms with Crippen LogP contribution in [0.5, 0.6) is 0 Å². The summed E-state index contributed by atoms with van der Waals surface area (Å²) in [5, 5.41) is 12.0. The molecule has 6 nitrogen and oxygen atoms in total. The lowest BCUT2D eigenvalue weighted by Gasteiger charge is -2.29. The minimum Gasteiger partial charge on any atom is -0.467 e. The second kappa shape index (κ2) is 8.13. The van der Waals surface area contributed by atoms with Gasteiger partial charge in [-0.1, -0.05) is 0 Å². The summed E-state index contributed by atoms with van der Waals surface area (Å²) in [6.45, 7) is 2.37. The van der Waals surface area contributed by atoms with E-state index < -0.39 is 17.8 Å². The molecule has 134 valence electrons. The van der Waals surface area contributed by atoms with Crippen molar-refractivity contribution < 1.29 is 23.4 Å². The Morgan fingerprint density at radius 2 is 2.12 bits per heavy atom. The number of furan rings is 1. The summed E-state index contributed by atoms with van der Waals surface area (Å²) in [5.41, 5.74) is 0.890. The predicted octanol–water partition coefficient (Wildman–Crippen LogP) is 2.11. The van der Waals surface area contributed by atoms with Gasteiger partial charge in [-0.25, -0.2) is 4.39 Å². The first kappa shape index (κ1) is 17.4. The van der Waals surface area contributed by atoms with Crippen molar-refractivity contribution in [3.63, 3.8) is 0 Å². The van der Waals surface area contributed by atoms with Crippen LogP contribution in [0.25, 0.3) is 0 Å². The summed E-state index contributed by atoms with van der Waals surface area (Å²) in [6, 6.07) is 7.26. The summed E-state index contributed by atoms with van der Waals surface area (Å²) in [4.78, 5) is 14.6. The van der Waals surface area contributed by atoms with Crippen LogP contribution in [0.4, 0.5) is 10.1 Å². The minimum absolute atomic E-state index is 0.103. The molecule has 2 N–H and O–H groups in total. The van der Waals surface area contributed by atoms with Crippen molar-refractivity contribution in [2.45, 2.75) is 12.5 Å². The standard InChI is InChI=1S/C18H21FN2O4/c19-14-10-13(11-15(12-14)21-4-8-24-9-5-21)18(23)20-16(3-6-22)17-2-1-7-25-17/h1-2,7,10-12,16,22H,3-6,8-9H2,(H,20,23). The van der Waals surface area contributed by atoms with Gasteiger partial charge in [-0.3, -0.25) is 4.79 Å². The highest BCUT2D eigenvalue weighted by Crippen LogP contribution is 2.22. The number of nitrogens with one attached hydrogen (secondary N) is 1. The number of benzene rings is 1. The molecule has 1 saturated heterocycles. The van der Waals surface area contributed by atoms with Crippen LogP contribution < -0.4 is 10.2 Å². The molecule has 1 aromatic carbocycles. The molecular weight excluding hydrogens is 327 g/mol. The SMILES string of the molecule is O=C(NC(CCO)c1ccco1)c1cc(F)cc(N2CCOCC2)c1. The topological polar surface area (TPSA) is 74.9 Å². The van der Waals surface area contributed by atoms with Crippen molar-refractivity contribution in [3.8, 4) is 0 Å². The van der Waals surface area contributed by atoms with Gasteiger partial charge in [0.05, 0.1) is 25.5 Å². The van der Waals surface area contributed by atoms with Crippen molar-refractivity contribution in [2.75, 3.05) is 37.8 Å². The Hall–Kier alpha value is -2.38. The van der Waals surface area contributed by atoms with Gasteiger partial charge in [0.15, 0.2) is 0 Å². The first-order chi connectivity index (χ1) is 12.2. The van der Waals surface area contributed by atoms with Crippen LogP contribution in [-0.4, -0.2) is 43.9 Å². The van der Waals surface area contributed by atoms with Crippen molar-refractivity contribution in [1.82, 2.24) is 5.32 Å². The zero-order valence-electron chi connectivity index (χ0n) is 13.8. The van der Waals surface area contributed by atoms with Crippen LogP contribution in [0.2, 0.25) is 0 Å². The van der Waals surface area contributed by atoms with Gasteiger partial charge in [-0.2, -0.15) is 0 Å². The molecule has 3 rings (SSSR count). The van der Waals surface area contributed by atoms with Crippen LogP contribution in [-0.2, 0) is 4.74 Å². The van der Waals surface area contributed by atoms with Crippen LogP contribution in [0.1, 0.15) is 28.6 Å². The van der Waals surface area contributed by atoms with Crippen molar-refractivity contribution in [3.05, 3.63) is 53.7 Å². The van der Waals surface area contributed by atoms with Gasteiger partial charge in [0.1, 0.15) is 11.6 Å². The summed E-state index contributed by atoms with van der Waals surface area (Å²) in [7, 11) is 0. The highest BCUT2D eigenvalue weighted by Gasteiger charge is 2.20. The number of halogens is 1. The third kappa shape index (κ3) is 4.37. The number of amides is 1. The molecule has 0 saturated carbocycles. The van der Waals surface area contributed by atoms with Crippen molar-refractivity contribution in [2.24, 2.45) is 0 Å². The lowest BCUT2D eigenvalue weighted by molar-refractivity contribution is 0.0923. The molecule has 2 heterocycles. The maximum absolute atomic E-state index is 14.0. The zero-order valence-corrected chi connectivity index (χ0v) is 13.8. The molecule has 1 aliphatic heterocycles. The van der Waals surface area contributed by atoms with Crippen LogP contribution in [0.3, 0.4) is 0 Å². The Bertz CT molecular complexity index is 699. The highest BCUT2D eigenvalue weighted by molar-refractivity contribution is 5.95. The first-order valence-corrected chi connectivity index (χ1v) is 8.26. The third-order valence-electron chi connectivity index (χ3n) is 4.13. The van der Waals surface area contributed by atoms with Crippen LogP contribution in [0, 0.1) is 5.82 Å². The number of morpholine rings is 1. The Morgan fingerprint density at radius 1 is 1.32 bits per heavy atom. The summed E-state index contributed by atoms with van der Waals surface area (Å²) < 4.78 is 24.6. The lowest BCUT2D eigenvalue weighted by Crippen LogP contribution is -2.36. The number of nitrogens with zero attached hydrogens (tertiary/aromatic N) is 1. The maximum atomic E-state index is 14.0. The number of hydrogen-bond donors (Lipinski definition) is 2. The summed E-state index contributed by atoms with van der Waals surface area (Å²) >= 11 is 0. The van der Waals surface area contributed by atoms with Gasteiger partial charge < -0.3 is 24.5 Å². The number of carbonyl (C=O) groups excluding carboxylic acids is 1. The highest BCUT2D eigenvalue weighted by atomic mass is 19.1. The average molecular weight is 348 g/mol. The lowest BCUT2D eigenvalue weighted by atomic mass is 10.1. The quantitative estimate of drug-likeness (QED) is 0.836. The second-order valence-corrected chi connectivity index (χ2v) is 5.85. The molecule has 1 aliphatic rings. The Labute approximate surface area is 145 Å². The monoisotopic (exact) mass is 348 g/mol. The molecule has 25 heavy (non-hydrogen) atoms. The largest absolute Gasteiger partial charge is 0.467 e. The molecule has 7 heteroatoms. The number of rotatable bonds is 6. The molecule has 0 radical (unpaired) electrons. The molecule has 1 amide bonds. The van der Waals surface area contributed by atoms with Crippen LogP contribution in [0.15, 0.2) is 41.0 Å². The van der Waals surface area contributed by atoms with Gasteiger partial charge in [-0.15, -0.1) is 0 Å². The zero-order chi connectivity index (χ0) is 17.6. The van der Waals surface area contributed by atoms with Gasteiger partial charge in [0.25, 0.3) is 5.91 Å². The number of carbonyl (C=O) groups is 1. The van der Waals surface area contributed by atoms with E-state index in [-0.39, 0.29) is 12.2 Å². The molecule has 0 bridgehead atoms. The van der Waals surface area contributed by atoms with Crippen molar-refractivity contribution >= 4 is 11.6 Å². The number of anilines is 1. The molecule has 1 aromatic heterocycles.